The molecule has 0 aliphatic carbocycles. The first-order valence-corrected chi connectivity index (χ1v) is 8.06. The monoisotopic (exact) mass is 332 g/mol. The van der Waals surface area contributed by atoms with Gasteiger partial charge in [0.05, 0.1) is 13.2 Å². The summed E-state index contributed by atoms with van der Waals surface area (Å²) in [7, 11) is 0. The van der Waals surface area contributed by atoms with Crippen LogP contribution in [0.1, 0.15) is 18.9 Å². The van der Waals surface area contributed by atoms with E-state index < -0.39 is 0 Å². The van der Waals surface area contributed by atoms with Crippen LogP contribution in [-0.2, 0) is 6.42 Å². The van der Waals surface area contributed by atoms with E-state index in [0.717, 1.165) is 18.5 Å². The highest BCUT2D eigenvalue weighted by atomic mass is 16.3. The van der Waals surface area contributed by atoms with Crippen molar-refractivity contribution in [1.82, 2.24) is 15.0 Å². The smallest absolute Gasteiger partial charge is 0.233 e. The van der Waals surface area contributed by atoms with Crippen molar-refractivity contribution in [2.24, 2.45) is 0 Å². The summed E-state index contributed by atoms with van der Waals surface area (Å²) in [6.07, 6.45) is 2.16. The van der Waals surface area contributed by atoms with Crippen LogP contribution in [-0.4, -0.2) is 51.5 Å². The maximum atomic E-state index is 8.91. The van der Waals surface area contributed by atoms with Crippen LogP contribution in [0, 0.1) is 0 Å². The van der Waals surface area contributed by atoms with Crippen LogP contribution in [0.25, 0.3) is 0 Å². The minimum Gasteiger partial charge on any atom is -0.395 e. The molecule has 0 radical (unpaired) electrons. The summed E-state index contributed by atoms with van der Waals surface area (Å²) in [5.41, 5.74) is 2.16. The molecule has 0 bridgehead atoms. The van der Waals surface area contributed by atoms with Gasteiger partial charge in [-0.05, 0) is 24.1 Å². The Bertz CT molecular complexity index is 594. The summed E-state index contributed by atoms with van der Waals surface area (Å²) in [6, 6.07) is 8.11. The van der Waals surface area contributed by atoms with E-state index in [1.807, 2.05) is 12.1 Å². The number of hydrogen-bond acceptors (Lipinski definition) is 8. The van der Waals surface area contributed by atoms with Gasteiger partial charge in [-0.15, -0.1) is 0 Å². The standard InChI is InChI=1S/C16H24N6O2/c1-2-3-12-4-6-13(7-5-12)19-16-21-14(17-8-10-23)20-15(22-16)18-9-11-24/h4-7,23-24H,2-3,8-11H2,1H3,(H3,17,18,19,20,21,22). The lowest BCUT2D eigenvalue weighted by molar-refractivity contribution is 0.310. The van der Waals surface area contributed by atoms with Crippen LogP contribution in [0.2, 0.25) is 0 Å². The Hall–Kier alpha value is -2.45. The van der Waals surface area contributed by atoms with Gasteiger partial charge in [-0.25, -0.2) is 0 Å². The highest BCUT2D eigenvalue weighted by Gasteiger charge is 2.06. The molecule has 0 amide bonds. The Kier molecular flexibility index (Phi) is 7.19. The van der Waals surface area contributed by atoms with Crippen LogP contribution < -0.4 is 16.0 Å². The molecule has 0 aliphatic heterocycles. The average Bonchev–Trinajstić information content (AvgIpc) is 2.60. The Balaban J connectivity index is 2.13. The number of rotatable bonds is 10. The largest absolute Gasteiger partial charge is 0.395 e. The van der Waals surface area contributed by atoms with Gasteiger partial charge in [0.15, 0.2) is 0 Å². The minimum atomic E-state index is -0.0211. The molecule has 0 spiro atoms. The molecule has 0 saturated heterocycles. The van der Waals surface area contributed by atoms with Crippen LogP contribution in [0.3, 0.4) is 0 Å². The van der Waals surface area contributed by atoms with E-state index in [9.17, 15) is 0 Å². The van der Waals surface area contributed by atoms with Gasteiger partial charge in [-0.2, -0.15) is 15.0 Å². The van der Waals surface area contributed by atoms with Gasteiger partial charge in [0.25, 0.3) is 0 Å². The lowest BCUT2D eigenvalue weighted by Gasteiger charge is -2.11. The predicted octanol–water partition coefficient (Wildman–Crippen LogP) is 1.38. The van der Waals surface area contributed by atoms with Crippen molar-refractivity contribution in [3.05, 3.63) is 29.8 Å². The molecule has 1 aromatic carbocycles. The zero-order chi connectivity index (χ0) is 17.2. The van der Waals surface area contributed by atoms with Crippen LogP contribution >= 0.6 is 0 Å². The number of aryl methyl sites for hydroxylation is 1. The molecule has 0 aliphatic rings. The Morgan fingerprint density at radius 3 is 1.88 bits per heavy atom. The van der Waals surface area contributed by atoms with Gasteiger partial charge < -0.3 is 26.2 Å². The van der Waals surface area contributed by atoms with Crippen molar-refractivity contribution >= 4 is 23.5 Å². The lowest BCUT2D eigenvalue weighted by atomic mass is 10.1. The van der Waals surface area contributed by atoms with E-state index in [-0.39, 0.29) is 13.2 Å². The highest BCUT2D eigenvalue weighted by Crippen LogP contribution is 2.17. The van der Waals surface area contributed by atoms with E-state index in [1.165, 1.54) is 5.56 Å². The third-order valence-corrected chi connectivity index (χ3v) is 3.17. The van der Waals surface area contributed by atoms with E-state index >= 15 is 0 Å². The predicted molar refractivity (Wildman–Crippen MR) is 94.7 cm³/mol. The van der Waals surface area contributed by atoms with Crippen LogP contribution in [0.5, 0.6) is 0 Å². The number of benzene rings is 1. The topological polar surface area (TPSA) is 115 Å². The number of hydrogen-bond donors (Lipinski definition) is 5. The fourth-order valence-corrected chi connectivity index (χ4v) is 2.10. The third kappa shape index (κ3) is 5.64. The summed E-state index contributed by atoms with van der Waals surface area (Å²) in [4.78, 5) is 12.7. The molecule has 0 atom stereocenters. The van der Waals surface area contributed by atoms with E-state index in [2.05, 4.69) is 50.0 Å². The zero-order valence-electron chi connectivity index (χ0n) is 13.8. The minimum absolute atomic E-state index is 0.0211. The quantitative estimate of drug-likeness (QED) is 0.443. The Labute approximate surface area is 141 Å². The van der Waals surface area contributed by atoms with Gasteiger partial charge in [0, 0.05) is 18.8 Å². The van der Waals surface area contributed by atoms with Gasteiger partial charge in [0.2, 0.25) is 17.8 Å². The fourth-order valence-electron chi connectivity index (χ4n) is 2.10. The molecule has 1 aromatic heterocycles. The van der Waals surface area contributed by atoms with E-state index in [1.54, 1.807) is 0 Å². The summed E-state index contributed by atoms with van der Waals surface area (Å²) in [5, 5.41) is 26.8. The third-order valence-electron chi connectivity index (χ3n) is 3.17. The summed E-state index contributed by atoms with van der Waals surface area (Å²) < 4.78 is 0. The van der Waals surface area contributed by atoms with Gasteiger partial charge in [-0.3, -0.25) is 0 Å². The second kappa shape index (κ2) is 9.64. The molecular weight excluding hydrogens is 308 g/mol. The number of aliphatic hydroxyl groups excluding tert-OH is 2. The van der Waals surface area contributed by atoms with Crippen molar-refractivity contribution in [3.63, 3.8) is 0 Å². The molecule has 8 nitrogen and oxygen atoms in total. The second-order valence-corrected chi connectivity index (χ2v) is 5.18. The van der Waals surface area contributed by atoms with Crippen molar-refractivity contribution in [1.29, 1.82) is 0 Å². The number of anilines is 4. The second-order valence-electron chi connectivity index (χ2n) is 5.18. The molecule has 0 fully saturated rings. The highest BCUT2D eigenvalue weighted by molar-refractivity contribution is 5.56. The Morgan fingerprint density at radius 2 is 1.38 bits per heavy atom. The first kappa shape index (κ1) is 17.9. The summed E-state index contributed by atoms with van der Waals surface area (Å²) in [6.45, 7) is 2.79. The van der Waals surface area contributed by atoms with E-state index in [0.29, 0.717) is 30.9 Å². The van der Waals surface area contributed by atoms with Crippen molar-refractivity contribution in [2.75, 3.05) is 42.3 Å². The maximum absolute atomic E-state index is 8.91. The molecule has 130 valence electrons. The van der Waals surface area contributed by atoms with Gasteiger partial charge in [0.1, 0.15) is 0 Å². The van der Waals surface area contributed by atoms with Gasteiger partial charge in [-0.1, -0.05) is 25.5 Å². The number of aliphatic hydroxyl groups is 2. The van der Waals surface area contributed by atoms with Crippen molar-refractivity contribution < 1.29 is 10.2 Å². The molecular formula is C16H24N6O2. The van der Waals surface area contributed by atoms with Crippen LogP contribution in [0.15, 0.2) is 24.3 Å². The molecule has 1 heterocycles. The number of aromatic nitrogens is 3. The van der Waals surface area contributed by atoms with Crippen molar-refractivity contribution in [3.8, 4) is 0 Å². The number of nitrogens with one attached hydrogen (secondary N) is 3. The lowest BCUT2D eigenvalue weighted by Crippen LogP contribution is -2.14. The van der Waals surface area contributed by atoms with E-state index in [4.69, 9.17) is 10.2 Å². The van der Waals surface area contributed by atoms with Crippen LogP contribution in [0.4, 0.5) is 23.5 Å². The van der Waals surface area contributed by atoms with Crippen molar-refractivity contribution in [2.45, 2.75) is 19.8 Å². The number of nitrogens with zero attached hydrogens (tertiary/aromatic N) is 3. The summed E-state index contributed by atoms with van der Waals surface area (Å²) in [5.74, 6) is 1.09. The first-order chi connectivity index (χ1) is 11.7. The molecule has 5 N–H and O–H groups in total. The first-order valence-electron chi connectivity index (χ1n) is 8.06. The normalized spacial score (nSPS) is 10.5. The fraction of sp³-hybridized carbons (Fsp3) is 0.438. The zero-order valence-corrected chi connectivity index (χ0v) is 13.8. The SMILES string of the molecule is CCCc1ccc(Nc2nc(NCCO)nc(NCCO)n2)cc1. The molecule has 0 unspecified atom stereocenters. The molecule has 0 saturated carbocycles. The summed E-state index contributed by atoms with van der Waals surface area (Å²) >= 11 is 0. The maximum Gasteiger partial charge on any atom is 0.233 e. The average molecular weight is 332 g/mol. The molecule has 2 aromatic rings. The Morgan fingerprint density at radius 1 is 0.833 bits per heavy atom. The molecule has 24 heavy (non-hydrogen) atoms. The molecule has 8 heteroatoms. The van der Waals surface area contributed by atoms with Gasteiger partial charge >= 0.3 is 0 Å². The molecule has 2 rings (SSSR count).